The van der Waals surface area contributed by atoms with E-state index >= 15 is 0 Å². The molecule has 0 fully saturated rings. The number of pyridine rings is 1. The second-order valence-corrected chi connectivity index (χ2v) is 4.89. The van der Waals surface area contributed by atoms with E-state index in [0.29, 0.717) is 16.5 Å². The van der Waals surface area contributed by atoms with Crippen LogP contribution in [0.3, 0.4) is 0 Å². The van der Waals surface area contributed by atoms with Gasteiger partial charge in [-0.1, -0.05) is 35.7 Å². The number of nitrogens with one attached hydrogen (secondary N) is 1. The summed E-state index contributed by atoms with van der Waals surface area (Å²) in [6, 6.07) is 12.1. The van der Waals surface area contributed by atoms with Crippen LogP contribution in [0, 0.1) is 11.8 Å². The molecule has 0 bridgehead atoms. The highest BCUT2D eigenvalue weighted by atomic mass is 35.5. The molecule has 0 aliphatic rings. The van der Waals surface area contributed by atoms with Crippen molar-refractivity contribution in [1.82, 2.24) is 4.98 Å². The van der Waals surface area contributed by atoms with Crippen LogP contribution in [-0.4, -0.2) is 16.9 Å². The first kappa shape index (κ1) is 15.0. The predicted octanol–water partition coefficient (Wildman–Crippen LogP) is 2.42. The smallest absolute Gasteiger partial charge is 0.242 e. The molecule has 2 rings (SSSR count). The number of hydrogen-bond acceptors (Lipinski definition) is 3. The molecular formula is C16H14ClN3O. The molecule has 1 atom stereocenters. The summed E-state index contributed by atoms with van der Waals surface area (Å²) in [7, 11) is 0. The number of halogens is 1. The van der Waals surface area contributed by atoms with Gasteiger partial charge in [-0.05, 0) is 37.1 Å². The minimum absolute atomic E-state index is 0.327. The molecule has 0 saturated carbocycles. The van der Waals surface area contributed by atoms with Gasteiger partial charge in [-0.25, -0.2) is 4.98 Å². The van der Waals surface area contributed by atoms with Gasteiger partial charge in [-0.15, -0.1) is 0 Å². The second kappa shape index (κ2) is 6.89. The van der Waals surface area contributed by atoms with Crippen LogP contribution in [-0.2, 0) is 4.79 Å². The fraction of sp³-hybridized carbons (Fsp3) is 0.125. The zero-order valence-corrected chi connectivity index (χ0v) is 12.2. The molecule has 0 radical (unpaired) electrons. The minimum Gasteiger partial charge on any atom is -0.320 e. The van der Waals surface area contributed by atoms with Crippen molar-refractivity contribution < 1.29 is 4.79 Å². The lowest BCUT2D eigenvalue weighted by Crippen LogP contribution is -2.32. The SMILES string of the molecule is CC(N)C(=O)Nc1cc(Cl)cc(C#Cc2ccccc2)n1. The molecular weight excluding hydrogens is 286 g/mol. The topological polar surface area (TPSA) is 68.0 Å². The van der Waals surface area contributed by atoms with Gasteiger partial charge in [-0.3, -0.25) is 4.79 Å². The Morgan fingerprint density at radius 1 is 1.29 bits per heavy atom. The number of anilines is 1. The first-order valence-electron chi connectivity index (χ1n) is 6.36. The van der Waals surface area contributed by atoms with Crippen LogP contribution in [0.5, 0.6) is 0 Å². The molecule has 1 aromatic heterocycles. The molecule has 0 aliphatic carbocycles. The van der Waals surface area contributed by atoms with Crippen molar-refractivity contribution >= 4 is 23.3 Å². The highest BCUT2D eigenvalue weighted by Crippen LogP contribution is 2.15. The summed E-state index contributed by atoms with van der Waals surface area (Å²) in [5.41, 5.74) is 6.85. The second-order valence-electron chi connectivity index (χ2n) is 4.45. The maximum absolute atomic E-state index is 11.6. The summed E-state index contributed by atoms with van der Waals surface area (Å²) in [5.74, 6) is 5.91. The van der Waals surface area contributed by atoms with E-state index in [0.717, 1.165) is 5.56 Å². The monoisotopic (exact) mass is 299 g/mol. The van der Waals surface area contributed by atoms with Gasteiger partial charge in [0, 0.05) is 10.6 Å². The van der Waals surface area contributed by atoms with Crippen molar-refractivity contribution in [2.24, 2.45) is 5.73 Å². The third-order valence-electron chi connectivity index (χ3n) is 2.56. The van der Waals surface area contributed by atoms with Gasteiger partial charge < -0.3 is 11.1 Å². The fourth-order valence-corrected chi connectivity index (χ4v) is 1.73. The fourth-order valence-electron chi connectivity index (χ4n) is 1.52. The van der Waals surface area contributed by atoms with Crippen LogP contribution in [0.4, 0.5) is 5.82 Å². The van der Waals surface area contributed by atoms with Gasteiger partial charge in [-0.2, -0.15) is 0 Å². The Hall–Kier alpha value is -2.35. The van der Waals surface area contributed by atoms with E-state index < -0.39 is 6.04 Å². The van der Waals surface area contributed by atoms with E-state index in [1.807, 2.05) is 30.3 Å². The summed E-state index contributed by atoms with van der Waals surface area (Å²) in [5, 5.41) is 3.04. The highest BCUT2D eigenvalue weighted by molar-refractivity contribution is 6.31. The van der Waals surface area contributed by atoms with Crippen molar-refractivity contribution in [2.45, 2.75) is 13.0 Å². The van der Waals surface area contributed by atoms with Crippen molar-refractivity contribution in [1.29, 1.82) is 0 Å². The molecule has 2 aromatic rings. The van der Waals surface area contributed by atoms with E-state index in [4.69, 9.17) is 17.3 Å². The number of nitrogens with two attached hydrogens (primary N) is 1. The summed E-state index contributed by atoms with van der Waals surface area (Å²) in [6.45, 7) is 1.59. The van der Waals surface area contributed by atoms with Gasteiger partial charge in [0.15, 0.2) is 0 Å². The molecule has 106 valence electrons. The van der Waals surface area contributed by atoms with Gasteiger partial charge in [0.2, 0.25) is 5.91 Å². The van der Waals surface area contributed by atoms with Gasteiger partial charge >= 0.3 is 0 Å². The van der Waals surface area contributed by atoms with E-state index in [-0.39, 0.29) is 5.91 Å². The third kappa shape index (κ3) is 4.60. The Bertz CT molecular complexity index is 702. The van der Waals surface area contributed by atoms with E-state index in [1.165, 1.54) is 0 Å². The van der Waals surface area contributed by atoms with E-state index in [2.05, 4.69) is 22.1 Å². The minimum atomic E-state index is -0.621. The lowest BCUT2D eigenvalue weighted by atomic mass is 10.2. The molecule has 0 spiro atoms. The van der Waals surface area contributed by atoms with Gasteiger partial charge in [0.25, 0.3) is 0 Å². The maximum atomic E-state index is 11.6. The average molecular weight is 300 g/mol. The van der Waals surface area contributed by atoms with Crippen molar-refractivity contribution in [3.05, 3.63) is 58.7 Å². The lowest BCUT2D eigenvalue weighted by Gasteiger charge is -2.07. The molecule has 0 saturated heterocycles. The highest BCUT2D eigenvalue weighted by Gasteiger charge is 2.09. The Kier molecular flexibility index (Phi) is 4.94. The number of amides is 1. The first-order valence-corrected chi connectivity index (χ1v) is 6.73. The van der Waals surface area contributed by atoms with Gasteiger partial charge in [0.1, 0.15) is 11.5 Å². The lowest BCUT2D eigenvalue weighted by molar-refractivity contribution is -0.117. The van der Waals surface area contributed by atoms with Crippen molar-refractivity contribution in [3.8, 4) is 11.8 Å². The predicted molar refractivity (Wildman–Crippen MR) is 83.9 cm³/mol. The van der Waals surface area contributed by atoms with E-state index in [1.54, 1.807) is 19.1 Å². The number of rotatable bonds is 2. The number of benzene rings is 1. The van der Waals surface area contributed by atoms with E-state index in [9.17, 15) is 4.79 Å². The number of aromatic nitrogens is 1. The zero-order valence-electron chi connectivity index (χ0n) is 11.4. The van der Waals surface area contributed by atoms with Crippen molar-refractivity contribution in [2.75, 3.05) is 5.32 Å². The Morgan fingerprint density at radius 2 is 2.00 bits per heavy atom. The summed E-state index contributed by atoms with van der Waals surface area (Å²) in [6.07, 6.45) is 0. The number of nitrogens with zero attached hydrogens (tertiary/aromatic N) is 1. The molecule has 0 aliphatic heterocycles. The molecule has 1 aromatic carbocycles. The summed E-state index contributed by atoms with van der Waals surface area (Å²) < 4.78 is 0. The molecule has 5 heteroatoms. The normalized spacial score (nSPS) is 11.2. The van der Waals surface area contributed by atoms with Crippen LogP contribution in [0.1, 0.15) is 18.2 Å². The summed E-state index contributed by atoms with van der Waals surface area (Å²) >= 11 is 6.00. The number of hydrogen-bond donors (Lipinski definition) is 2. The van der Waals surface area contributed by atoms with Crippen LogP contribution < -0.4 is 11.1 Å². The van der Waals surface area contributed by atoms with Crippen molar-refractivity contribution in [3.63, 3.8) is 0 Å². The molecule has 1 heterocycles. The Labute approximate surface area is 128 Å². The standard InChI is InChI=1S/C16H14ClN3O/c1-11(18)16(21)20-15-10-13(17)9-14(19-15)8-7-12-5-3-2-4-6-12/h2-6,9-11H,18H2,1H3,(H,19,20,21). The molecule has 21 heavy (non-hydrogen) atoms. The number of carbonyl (C=O) groups excluding carboxylic acids is 1. The third-order valence-corrected chi connectivity index (χ3v) is 2.78. The largest absolute Gasteiger partial charge is 0.320 e. The first-order chi connectivity index (χ1) is 10.0. The van der Waals surface area contributed by atoms with Crippen LogP contribution in [0.25, 0.3) is 0 Å². The van der Waals surface area contributed by atoms with Crippen LogP contribution in [0.15, 0.2) is 42.5 Å². The average Bonchev–Trinajstić information content (AvgIpc) is 2.45. The Morgan fingerprint density at radius 3 is 2.67 bits per heavy atom. The number of carbonyl (C=O) groups is 1. The van der Waals surface area contributed by atoms with Gasteiger partial charge in [0.05, 0.1) is 6.04 Å². The summed E-state index contributed by atoms with van der Waals surface area (Å²) in [4.78, 5) is 15.8. The Balaban J connectivity index is 2.24. The molecule has 1 amide bonds. The van der Waals surface area contributed by atoms with Crippen LogP contribution >= 0.6 is 11.6 Å². The quantitative estimate of drug-likeness (QED) is 0.837. The molecule has 4 nitrogen and oxygen atoms in total. The molecule has 3 N–H and O–H groups in total. The van der Waals surface area contributed by atoms with Crippen LogP contribution in [0.2, 0.25) is 5.02 Å². The zero-order chi connectivity index (χ0) is 15.2. The molecule has 1 unspecified atom stereocenters. The maximum Gasteiger partial charge on any atom is 0.242 e.